The maximum Gasteiger partial charge on any atom is 0.407 e. The summed E-state index contributed by atoms with van der Waals surface area (Å²) < 4.78 is 4.97. The molecule has 0 aromatic carbocycles. The number of amides is 2. The zero-order valence-corrected chi connectivity index (χ0v) is 9.52. The molecule has 2 fully saturated rings. The molecule has 96 valence electrons. The fraction of sp³-hybridized carbons (Fsp3) is 0.800. The van der Waals surface area contributed by atoms with Gasteiger partial charge in [0, 0.05) is 19.6 Å². The van der Waals surface area contributed by atoms with Crippen LogP contribution in [0.5, 0.6) is 0 Å². The van der Waals surface area contributed by atoms with Gasteiger partial charge in [-0.25, -0.2) is 9.59 Å². The van der Waals surface area contributed by atoms with Gasteiger partial charge in [0.1, 0.15) is 6.10 Å². The first-order chi connectivity index (χ1) is 8.15. The Balaban J connectivity index is 1.60. The number of ether oxygens (including phenoxy) is 1. The summed E-state index contributed by atoms with van der Waals surface area (Å²) >= 11 is 0. The third-order valence-corrected chi connectivity index (χ3v) is 3.11. The van der Waals surface area contributed by atoms with Crippen LogP contribution in [0.15, 0.2) is 0 Å². The van der Waals surface area contributed by atoms with E-state index in [0.29, 0.717) is 32.1 Å². The van der Waals surface area contributed by atoms with Crippen LogP contribution in [0.4, 0.5) is 9.59 Å². The molecule has 0 bridgehead atoms. The number of carbonyl (C=O) groups excluding carboxylic acids is 1. The van der Waals surface area contributed by atoms with Gasteiger partial charge in [-0.1, -0.05) is 0 Å². The summed E-state index contributed by atoms with van der Waals surface area (Å²) in [5.41, 5.74) is 0. The molecular weight excluding hydrogens is 226 g/mol. The van der Waals surface area contributed by atoms with Crippen molar-refractivity contribution in [1.82, 2.24) is 15.5 Å². The van der Waals surface area contributed by atoms with Crippen LogP contribution in [0.1, 0.15) is 6.42 Å². The molecule has 0 radical (unpaired) electrons. The zero-order valence-electron chi connectivity index (χ0n) is 9.52. The highest BCUT2D eigenvalue weighted by atomic mass is 16.6. The van der Waals surface area contributed by atoms with E-state index in [-0.39, 0.29) is 12.2 Å². The molecule has 0 aromatic rings. The van der Waals surface area contributed by atoms with E-state index in [1.807, 2.05) is 0 Å². The molecule has 3 N–H and O–H groups in total. The standard InChI is InChI=1S/C10H17N3O4/c14-9-12-5-8(17-9)4-11-3-7-1-2-13(6-7)10(15)16/h7-8,11H,1-6H2,(H,12,14)(H,15,16). The van der Waals surface area contributed by atoms with E-state index in [1.165, 1.54) is 4.90 Å². The van der Waals surface area contributed by atoms with E-state index in [4.69, 9.17) is 9.84 Å². The molecule has 0 saturated carbocycles. The number of hydrogen-bond acceptors (Lipinski definition) is 4. The van der Waals surface area contributed by atoms with Gasteiger partial charge in [0.15, 0.2) is 0 Å². The number of alkyl carbamates (subject to hydrolysis) is 1. The van der Waals surface area contributed by atoms with Crippen molar-refractivity contribution in [2.45, 2.75) is 12.5 Å². The average molecular weight is 243 g/mol. The third kappa shape index (κ3) is 3.23. The molecule has 2 aliphatic heterocycles. The predicted molar refractivity (Wildman–Crippen MR) is 58.8 cm³/mol. The van der Waals surface area contributed by atoms with E-state index in [9.17, 15) is 9.59 Å². The second kappa shape index (κ2) is 5.22. The van der Waals surface area contributed by atoms with Crippen molar-refractivity contribution < 1.29 is 19.4 Å². The highest BCUT2D eigenvalue weighted by Crippen LogP contribution is 2.15. The second-order valence-electron chi connectivity index (χ2n) is 4.45. The Hall–Kier alpha value is -1.50. The van der Waals surface area contributed by atoms with Crippen molar-refractivity contribution in [3.05, 3.63) is 0 Å². The van der Waals surface area contributed by atoms with Crippen LogP contribution in [0.2, 0.25) is 0 Å². The summed E-state index contributed by atoms with van der Waals surface area (Å²) in [4.78, 5) is 22.9. The maximum absolute atomic E-state index is 10.8. The first-order valence-electron chi connectivity index (χ1n) is 5.78. The van der Waals surface area contributed by atoms with Gasteiger partial charge in [0.2, 0.25) is 0 Å². The summed E-state index contributed by atoms with van der Waals surface area (Å²) in [6.45, 7) is 3.12. The summed E-state index contributed by atoms with van der Waals surface area (Å²) in [7, 11) is 0. The van der Waals surface area contributed by atoms with Crippen molar-refractivity contribution >= 4 is 12.2 Å². The van der Waals surface area contributed by atoms with Gasteiger partial charge in [0.05, 0.1) is 6.54 Å². The van der Waals surface area contributed by atoms with Crippen molar-refractivity contribution in [3.8, 4) is 0 Å². The molecule has 7 heteroatoms. The molecule has 2 aliphatic rings. The quantitative estimate of drug-likeness (QED) is 0.629. The highest BCUT2D eigenvalue weighted by molar-refractivity contribution is 5.69. The monoisotopic (exact) mass is 243 g/mol. The lowest BCUT2D eigenvalue weighted by atomic mass is 10.1. The van der Waals surface area contributed by atoms with Crippen LogP contribution in [-0.4, -0.2) is 61.0 Å². The normalized spacial score (nSPS) is 28.0. The minimum absolute atomic E-state index is 0.112. The Labute approximate surface area is 99.1 Å². The van der Waals surface area contributed by atoms with Crippen LogP contribution in [-0.2, 0) is 4.74 Å². The van der Waals surface area contributed by atoms with Crippen molar-refractivity contribution in [2.24, 2.45) is 5.92 Å². The van der Waals surface area contributed by atoms with Crippen molar-refractivity contribution in [2.75, 3.05) is 32.7 Å². The number of hydrogen-bond donors (Lipinski definition) is 3. The predicted octanol–water partition coefficient (Wildman–Crippen LogP) is -0.316. The summed E-state index contributed by atoms with van der Waals surface area (Å²) in [6, 6.07) is 0. The molecule has 2 atom stereocenters. The van der Waals surface area contributed by atoms with Gasteiger partial charge in [-0.2, -0.15) is 0 Å². The number of likely N-dealkylation sites (tertiary alicyclic amines) is 1. The Bertz CT molecular complexity index is 310. The lowest BCUT2D eigenvalue weighted by Crippen LogP contribution is -2.34. The Kier molecular flexibility index (Phi) is 3.68. The van der Waals surface area contributed by atoms with Crippen LogP contribution in [0, 0.1) is 5.92 Å². The van der Waals surface area contributed by atoms with Crippen LogP contribution in [0.3, 0.4) is 0 Å². The molecule has 2 amide bonds. The van der Waals surface area contributed by atoms with Gasteiger partial charge in [-0.3, -0.25) is 0 Å². The Morgan fingerprint density at radius 2 is 2.41 bits per heavy atom. The zero-order chi connectivity index (χ0) is 12.3. The minimum atomic E-state index is -0.846. The molecule has 0 aliphatic carbocycles. The summed E-state index contributed by atoms with van der Waals surface area (Å²) in [5, 5.41) is 14.6. The molecule has 2 heterocycles. The molecule has 17 heavy (non-hydrogen) atoms. The number of carbonyl (C=O) groups is 2. The van der Waals surface area contributed by atoms with E-state index < -0.39 is 6.09 Å². The van der Waals surface area contributed by atoms with Crippen LogP contribution in [0.25, 0.3) is 0 Å². The smallest absolute Gasteiger partial charge is 0.407 e. The van der Waals surface area contributed by atoms with Gasteiger partial charge < -0.3 is 25.4 Å². The Morgan fingerprint density at radius 3 is 3.00 bits per heavy atom. The second-order valence-corrected chi connectivity index (χ2v) is 4.45. The summed E-state index contributed by atoms with van der Waals surface area (Å²) in [6.07, 6.45) is -0.433. The third-order valence-electron chi connectivity index (χ3n) is 3.11. The molecular formula is C10H17N3O4. The van der Waals surface area contributed by atoms with Crippen LogP contribution < -0.4 is 10.6 Å². The fourth-order valence-electron chi connectivity index (χ4n) is 2.17. The van der Waals surface area contributed by atoms with E-state index in [0.717, 1.165) is 13.0 Å². The molecule has 2 unspecified atom stereocenters. The van der Waals surface area contributed by atoms with Gasteiger partial charge in [-0.05, 0) is 18.9 Å². The van der Waals surface area contributed by atoms with Gasteiger partial charge in [0.25, 0.3) is 0 Å². The Morgan fingerprint density at radius 1 is 1.59 bits per heavy atom. The topological polar surface area (TPSA) is 90.9 Å². The molecule has 2 rings (SSSR count). The van der Waals surface area contributed by atoms with Gasteiger partial charge in [-0.15, -0.1) is 0 Å². The molecule has 2 saturated heterocycles. The number of nitrogens with zero attached hydrogens (tertiary/aromatic N) is 1. The van der Waals surface area contributed by atoms with E-state index in [1.54, 1.807) is 0 Å². The maximum atomic E-state index is 10.8. The molecule has 0 spiro atoms. The average Bonchev–Trinajstić information content (AvgIpc) is 2.88. The van der Waals surface area contributed by atoms with Crippen molar-refractivity contribution in [3.63, 3.8) is 0 Å². The molecule has 7 nitrogen and oxygen atoms in total. The lowest BCUT2D eigenvalue weighted by molar-refractivity contribution is 0.138. The van der Waals surface area contributed by atoms with Crippen LogP contribution >= 0.6 is 0 Å². The highest BCUT2D eigenvalue weighted by Gasteiger charge is 2.26. The van der Waals surface area contributed by atoms with E-state index >= 15 is 0 Å². The van der Waals surface area contributed by atoms with Crippen molar-refractivity contribution in [1.29, 1.82) is 0 Å². The largest absolute Gasteiger partial charge is 0.465 e. The number of carboxylic acid groups (broad SMARTS) is 1. The number of rotatable bonds is 4. The minimum Gasteiger partial charge on any atom is -0.465 e. The first-order valence-corrected chi connectivity index (χ1v) is 5.78. The van der Waals surface area contributed by atoms with Gasteiger partial charge >= 0.3 is 12.2 Å². The SMILES string of the molecule is O=C1NCC(CNCC2CCN(C(=O)O)C2)O1. The first kappa shape index (κ1) is 12.0. The fourth-order valence-corrected chi connectivity index (χ4v) is 2.17. The molecule has 0 aromatic heterocycles. The van der Waals surface area contributed by atoms with E-state index in [2.05, 4.69) is 10.6 Å². The lowest BCUT2D eigenvalue weighted by Gasteiger charge is -2.14. The number of cyclic esters (lactones) is 1. The summed E-state index contributed by atoms with van der Waals surface area (Å²) in [5.74, 6) is 0.358. The number of nitrogens with one attached hydrogen (secondary N) is 2.